The van der Waals surface area contributed by atoms with E-state index in [4.69, 9.17) is 4.74 Å². The van der Waals surface area contributed by atoms with Gasteiger partial charge < -0.3 is 10.1 Å². The molecule has 19 heavy (non-hydrogen) atoms. The Morgan fingerprint density at radius 2 is 2.11 bits per heavy atom. The molecule has 0 fully saturated rings. The van der Waals surface area contributed by atoms with Crippen LogP contribution in [0.4, 0.5) is 10.1 Å². The van der Waals surface area contributed by atoms with Gasteiger partial charge in [0.25, 0.3) is 0 Å². The second-order valence-electron chi connectivity index (χ2n) is 4.09. The van der Waals surface area contributed by atoms with Crippen molar-refractivity contribution in [3.05, 3.63) is 29.6 Å². The molecule has 104 valence electrons. The third kappa shape index (κ3) is 5.07. The molecular formula is C14H18FNO3. The first-order valence-corrected chi connectivity index (χ1v) is 6.24. The molecule has 0 aliphatic rings. The van der Waals surface area contributed by atoms with E-state index in [1.807, 2.05) is 0 Å². The highest BCUT2D eigenvalue weighted by Crippen LogP contribution is 2.16. The van der Waals surface area contributed by atoms with Gasteiger partial charge in [0.1, 0.15) is 5.82 Å². The van der Waals surface area contributed by atoms with Crippen LogP contribution in [0.25, 0.3) is 0 Å². The van der Waals surface area contributed by atoms with Gasteiger partial charge in [-0.2, -0.15) is 0 Å². The fraction of sp³-hybridized carbons (Fsp3) is 0.429. The number of rotatable bonds is 7. The lowest BCUT2D eigenvalue weighted by Gasteiger charge is -2.08. The van der Waals surface area contributed by atoms with Crippen molar-refractivity contribution in [2.24, 2.45) is 0 Å². The van der Waals surface area contributed by atoms with Gasteiger partial charge in [-0.25, -0.2) is 4.39 Å². The standard InChI is InChI=1S/C14H18FNO3/c1-3-19-14(18)5-4-8-16-13-7-6-11(10(2)17)9-12(13)15/h6-7,9,16H,3-5,8H2,1-2H3. The number of benzene rings is 1. The van der Waals surface area contributed by atoms with Gasteiger partial charge in [0.2, 0.25) is 0 Å². The number of ether oxygens (including phenoxy) is 1. The van der Waals surface area contributed by atoms with Gasteiger partial charge >= 0.3 is 5.97 Å². The minimum atomic E-state index is -0.469. The predicted molar refractivity (Wildman–Crippen MR) is 70.8 cm³/mol. The van der Waals surface area contributed by atoms with E-state index in [0.29, 0.717) is 37.2 Å². The van der Waals surface area contributed by atoms with E-state index in [1.165, 1.54) is 19.1 Å². The number of carbonyl (C=O) groups excluding carboxylic acids is 2. The second kappa shape index (κ2) is 7.51. The summed E-state index contributed by atoms with van der Waals surface area (Å²) in [5.41, 5.74) is 0.670. The van der Waals surface area contributed by atoms with Crippen LogP contribution < -0.4 is 5.32 Å². The second-order valence-corrected chi connectivity index (χ2v) is 4.09. The maximum Gasteiger partial charge on any atom is 0.305 e. The molecule has 0 spiro atoms. The number of hydrogen-bond donors (Lipinski definition) is 1. The molecule has 0 saturated carbocycles. The quantitative estimate of drug-likeness (QED) is 0.469. The number of halogens is 1. The van der Waals surface area contributed by atoms with Gasteiger partial charge in [0, 0.05) is 18.5 Å². The maximum atomic E-state index is 13.6. The number of esters is 1. The molecule has 5 heteroatoms. The summed E-state index contributed by atoms with van der Waals surface area (Å²) in [5.74, 6) is -0.895. The number of Topliss-reactive ketones (excluding diaryl/α,β-unsaturated/α-hetero) is 1. The van der Waals surface area contributed by atoms with Crippen molar-refractivity contribution in [3.8, 4) is 0 Å². The molecule has 0 aliphatic heterocycles. The SMILES string of the molecule is CCOC(=O)CCCNc1ccc(C(C)=O)cc1F. The van der Waals surface area contributed by atoms with E-state index in [2.05, 4.69) is 5.32 Å². The minimum Gasteiger partial charge on any atom is -0.466 e. The monoisotopic (exact) mass is 267 g/mol. The molecule has 0 heterocycles. The van der Waals surface area contributed by atoms with Crippen molar-refractivity contribution in [2.75, 3.05) is 18.5 Å². The van der Waals surface area contributed by atoms with Crippen molar-refractivity contribution in [2.45, 2.75) is 26.7 Å². The third-order valence-electron chi connectivity index (χ3n) is 2.55. The summed E-state index contributed by atoms with van der Waals surface area (Å²) < 4.78 is 18.4. The highest BCUT2D eigenvalue weighted by Gasteiger charge is 2.06. The fourth-order valence-corrected chi connectivity index (χ4v) is 1.57. The topological polar surface area (TPSA) is 55.4 Å². The van der Waals surface area contributed by atoms with Crippen LogP contribution in [0.3, 0.4) is 0 Å². The van der Waals surface area contributed by atoms with Crippen LogP contribution in [-0.2, 0) is 9.53 Å². The van der Waals surface area contributed by atoms with E-state index >= 15 is 0 Å². The summed E-state index contributed by atoms with van der Waals surface area (Å²) in [6.07, 6.45) is 0.862. The maximum absolute atomic E-state index is 13.6. The molecule has 0 unspecified atom stereocenters. The largest absolute Gasteiger partial charge is 0.466 e. The molecule has 0 saturated heterocycles. The smallest absolute Gasteiger partial charge is 0.305 e. The Bertz CT molecular complexity index is 460. The lowest BCUT2D eigenvalue weighted by atomic mass is 10.1. The molecule has 0 aromatic heterocycles. The molecule has 4 nitrogen and oxygen atoms in total. The molecule has 1 aromatic rings. The summed E-state index contributed by atoms with van der Waals surface area (Å²) >= 11 is 0. The van der Waals surface area contributed by atoms with Crippen LogP contribution in [0.15, 0.2) is 18.2 Å². The van der Waals surface area contributed by atoms with E-state index in [9.17, 15) is 14.0 Å². The normalized spacial score (nSPS) is 10.1. The third-order valence-corrected chi connectivity index (χ3v) is 2.55. The van der Waals surface area contributed by atoms with Crippen LogP contribution >= 0.6 is 0 Å². The molecule has 0 bridgehead atoms. The van der Waals surface area contributed by atoms with Crippen molar-refractivity contribution in [1.29, 1.82) is 0 Å². The summed E-state index contributed by atoms with van der Waals surface area (Å²) in [6.45, 7) is 3.98. The van der Waals surface area contributed by atoms with Crippen LogP contribution in [0.1, 0.15) is 37.0 Å². The Labute approximate surface area is 112 Å². The first-order chi connectivity index (χ1) is 9.04. The van der Waals surface area contributed by atoms with E-state index < -0.39 is 5.82 Å². The molecule has 0 aliphatic carbocycles. The molecule has 1 N–H and O–H groups in total. The number of hydrogen-bond acceptors (Lipinski definition) is 4. The average molecular weight is 267 g/mol. The Hall–Kier alpha value is -1.91. The molecule has 0 atom stereocenters. The molecule has 1 rings (SSSR count). The van der Waals surface area contributed by atoms with Crippen LogP contribution in [-0.4, -0.2) is 24.9 Å². The minimum absolute atomic E-state index is 0.173. The van der Waals surface area contributed by atoms with Crippen LogP contribution in [0, 0.1) is 5.82 Å². The molecule has 0 amide bonds. The van der Waals surface area contributed by atoms with Gasteiger partial charge in [-0.1, -0.05) is 0 Å². The Morgan fingerprint density at radius 3 is 2.68 bits per heavy atom. The van der Waals surface area contributed by atoms with Crippen molar-refractivity contribution >= 4 is 17.4 Å². The Morgan fingerprint density at radius 1 is 1.37 bits per heavy atom. The van der Waals surface area contributed by atoms with Gasteiger partial charge in [-0.15, -0.1) is 0 Å². The molecule has 1 aromatic carbocycles. The summed E-state index contributed by atoms with van der Waals surface area (Å²) in [6, 6.07) is 4.30. The number of nitrogens with one attached hydrogen (secondary N) is 1. The summed E-state index contributed by atoms with van der Waals surface area (Å²) in [5, 5.41) is 2.88. The molecular weight excluding hydrogens is 249 g/mol. The van der Waals surface area contributed by atoms with E-state index in [0.717, 1.165) is 0 Å². The zero-order chi connectivity index (χ0) is 14.3. The van der Waals surface area contributed by atoms with Crippen LogP contribution in [0.5, 0.6) is 0 Å². The van der Waals surface area contributed by atoms with Gasteiger partial charge in [0.05, 0.1) is 12.3 Å². The highest BCUT2D eigenvalue weighted by molar-refractivity contribution is 5.94. The first-order valence-electron chi connectivity index (χ1n) is 6.24. The van der Waals surface area contributed by atoms with Crippen LogP contribution in [0.2, 0.25) is 0 Å². The van der Waals surface area contributed by atoms with Gasteiger partial charge in [-0.3, -0.25) is 9.59 Å². The summed E-state index contributed by atoms with van der Waals surface area (Å²) in [7, 11) is 0. The van der Waals surface area contributed by atoms with E-state index in [-0.39, 0.29) is 11.8 Å². The lowest BCUT2D eigenvalue weighted by molar-refractivity contribution is -0.143. The average Bonchev–Trinajstić information content (AvgIpc) is 2.36. The Kier molecular flexibility index (Phi) is 5.99. The number of ketones is 1. The predicted octanol–water partition coefficient (Wildman–Crippen LogP) is 2.78. The van der Waals surface area contributed by atoms with Crippen molar-refractivity contribution in [3.63, 3.8) is 0 Å². The van der Waals surface area contributed by atoms with Gasteiger partial charge in [0.15, 0.2) is 5.78 Å². The van der Waals surface area contributed by atoms with Gasteiger partial charge in [-0.05, 0) is 38.5 Å². The zero-order valence-corrected chi connectivity index (χ0v) is 11.2. The first kappa shape index (κ1) is 15.1. The lowest BCUT2D eigenvalue weighted by Crippen LogP contribution is -2.09. The van der Waals surface area contributed by atoms with E-state index in [1.54, 1.807) is 13.0 Å². The fourth-order valence-electron chi connectivity index (χ4n) is 1.57. The Balaban J connectivity index is 2.41. The number of anilines is 1. The van der Waals surface area contributed by atoms with Crippen molar-refractivity contribution in [1.82, 2.24) is 0 Å². The molecule has 0 radical (unpaired) electrons. The van der Waals surface area contributed by atoms with Crippen molar-refractivity contribution < 1.29 is 18.7 Å². The zero-order valence-electron chi connectivity index (χ0n) is 11.2. The summed E-state index contributed by atoms with van der Waals surface area (Å²) in [4.78, 5) is 22.1. The highest BCUT2D eigenvalue weighted by atomic mass is 19.1. The number of carbonyl (C=O) groups is 2.